The summed E-state index contributed by atoms with van der Waals surface area (Å²) >= 11 is 0. The van der Waals surface area contributed by atoms with Gasteiger partial charge < -0.3 is 14.8 Å². The molecule has 0 aliphatic carbocycles. The minimum atomic E-state index is -0.248. The predicted octanol–water partition coefficient (Wildman–Crippen LogP) is 0.954. The van der Waals surface area contributed by atoms with Crippen molar-refractivity contribution < 1.29 is 14.3 Å². The average Bonchev–Trinajstić information content (AvgIpc) is 2.18. The molecule has 0 heterocycles. The molecule has 14 heavy (non-hydrogen) atoms. The highest BCUT2D eigenvalue weighted by Crippen LogP contribution is 1.92. The van der Waals surface area contributed by atoms with Crippen molar-refractivity contribution in [2.45, 2.75) is 32.7 Å². The van der Waals surface area contributed by atoms with Gasteiger partial charge in [0.25, 0.3) is 0 Å². The Bertz CT molecular complexity index is 150. The summed E-state index contributed by atoms with van der Waals surface area (Å²) in [6, 6.07) is -0.248. The lowest BCUT2D eigenvalue weighted by molar-refractivity contribution is -0.145. The first-order chi connectivity index (χ1) is 6.72. The standard InChI is InChI=1S/C10H21NO3/c1-4-5-7-14-10(12)9(2)11-6-8-13-3/h9,11H,4-8H2,1-3H3/t9-/m0/s1. The van der Waals surface area contributed by atoms with Gasteiger partial charge in [0, 0.05) is 13.7 Å². The van der Waals surface area contributed by atoms with E-state index in [1.165, 1.54) is 0 Å². The van der Waals surface area contributed by atoms with E-state index in [0.29, 0.717) is 19.8 Å². The summed E-state index contributed by atoms with van der Waals surface area (Å²) in [5.74, 6) is -0.186. The number of hydrogen-bond donors (Lipinski definition) is 1. The van der Waals surface area contributed by atoms with Crippen LogP contribution in [-0.2, 0) is 14.3 Å². The molecule has 0 saturated heterocycles. The Morgan fingerprint density at radius 2 is 2.14 bits per heavy atom. The molecule has 0 aliphatic rings. The van der Waals surface area contributed by atoms with Crippen LogP contribution >= 0.6 is 0 Å². The molecule has 0 saturated carbocycles. The number of nitrogens with one attached hydrogen (secondary N) is 1. The molecule has 0 radical (unpaired) electrons. The third kappa shape index (κ3) is 6.86. The fourth-order valence-corrected chi connectivity index (χ4v) is 0.903. The maximum atomic E-state index is 11.3. The first-order valence-electron chi connectivity index (χ1n) is 5.11. The first-order valence-corrected chi connectivity index (χ1v) is 5.11. The van der Waals surface area contributed by atoms with Gasteiger partial charge in [0.1, 0.15) is 6.04 Å². The molecule has 0 unspecified atom stereocenters. The van der Waals surface area contributed by atoms with Crippen LogP contribution in [0.4, 0.5) is 0 Å². The van der Waals surface area contributed by atoms with Gasteiger partial charge in [0.15, 0.2) is 0 Å². The van der Waals surface area contributed by atoms with Crippen LogP contribution in [0.5, 0.6) is 0 Å². The maximum absolute atomic E-state index is 11.3. The SMILES string of the molecule is CCCCOC(=O)[C@H](C)NCCOC. The quantitative estimate of drug-likeness (QED) is 0.471. The molecule has 0 aromatic heterocycles. The largest absolute Gasteiger partial charge is 0.465 e. The van der Waals surface area contributed by atoms with Crippen molar-refractivity contribution in [2.75, 3.05) is 26.9 Å². The second kappa shape index (κ2) is 8.97. The van der Waals surface area contributed by atoms with E-state index in [2.05, 4.69) is 12.2 Å². The van der Waals surface area contributed by atoms with E-state index in [9.17, 15) is 4.79 Å². The van der Waals surface area contributed by atoms with Crippen LogP contribution in [0.2, 0.25) is 0 Å². The summed E-state index contributed by atoms with van der Waals surface area (Å²) in [7, 11) is 1.63. The van der Waals surface area contributed by atoms with Crippen LogP contribution in [0.15, 0.2) is 0 Å². The zero-order chi connectivity index (χ0) is 10.8. The summed E-state index contributed by atoms with van der Waals surface area (Å²) in [6.45, 7) is 5.65. The molecule has 4 heteroatoms. The number of unbranched alkanes of at least 4 members (excludes halogenated alkanes) is 1. The highest BCUT2D eigenvalue weighted by atomic mass is 16.5. The first kappa shape index (κ1) is 13.4. The molecule has 0 aromatic rings. The normalized spacial score (nSPS) is 12.5. The van der Waals surface area contributed by atoms with Crippen LogP contribution in [0.25, 0.3) is 0 Å². The Morgan fingerprint density at radius 3 is 2.71 bits per heavy atom. The molecule has 0 spiro atoms. The second-order valence-corrected chi connectivity index (χ2v) is 3.19. The Morgan fingerprint density at radius 1 is 1.43 bits per heavy atom. The van der Waals surface area contributed by atoms with E-state index in [1.807, 2.05) is 0 Å². The fourth-order valence-electron chi connectivity index (χ4n) is 0.903. The lowest BCUT2D eigenvalue weighted by atomic mass is 10.3. The van der Waals surface area contributed by atoms with Gasteiger partial charge in [-0.25, -0.2) is 0 Å². The number of carbonyl (C=O) groups is 1. The van der Waals surface area contributed by atoms with Crippen molar-refractivity contribution in [3.8, 4) is 0 Å². The zero-order valence-corrected chi connectivity index (χ0v) is 9.34. The average molecular weight is 203 g/mol. The van der Waals surface area contributed by atoms with Gasteiger partial charge in [-0.15, -0.1) is 0 Å². The number of carbonyl (C=O) groups excluding carboxylic acids is 1. The van der Waals surface area contributed by atoms with Gasteiger partial charge in [0.05, 0.1) is 13.2 Å². The van der Waals surface area contributed by atoms with E-state index in [-0.39, 0.29) is 12.0 Å². The number of hydrogen-bond acceptors (Lipinski definition) is 4. The minimum absolute atomic E-state index is 0.186. The molecule has 84 valence electrons. The van der Waals surface area contributed by atoms with Crippen LogP contribution in [0.1, 0.15) is 26.7 Å². The van der Waals surface area contributed by atoms with Crippen LogP contribution in [-0.4, -0.2) is 38.9 Å². The van der Waals surface area contributed by atoms with Crippen LogP contribution < -0.4 is 5.32 Å². The van der Waals surface area contributed by atoms with Crippen molar-refractivity contribution in [1.82, 2.24) is 5.32 Å². The van der Waals surface area contributed by atoms with E-state index in [0.717, 1.165) is 12.8 Å². The molecular weight excluding hydrogens is 182 g/mol. The van der Waals surface area contributed by atoms with Gasteiger partial charge in [-0.05, 0) is 13.3 Å². The topological polar surface area (TPSA) is 47.6 Å². The molecular formula is C10H21NO3. The Balaban J connectivity index is 3.44. The van der Waals surface area contributed by atoms with Crippen LogP contribution in [0, 0.1) is 0 Å². The lowest BCUT2D eigenvalue weighted by Crippen LogP contribution is -2.37. The smallest absolute Gasteiger partial charge is 0.322 e. The molecule has 0 amide bonds. The van der Waals surface area contributed by atoms with E-state index in [4.69, 9.17) is 9.47 Å². The van der Waals surface area contributed by atoms with Gasteiger partial charge in [0.2, 0.25) is 0 Å². The van der Waals surface area contributed by atoms with Crippen molar-refractivity contribution >= 4 is 5.97 Å². The fraction of sp³-hybridized carbons (Fsp3) is 0.900. The Hall–Kier alpha value is -0.610. The number of esters is 1. The van der Waals surface area contributed by atoms with Gasteiger partial charge in [-0.2, -0.15) is 0 Å². The third-order valence-corrected chi connectivity index (χ3v) is 1.85. The van der Waals surface area contributed by atoms with E-state index >= 15 is 0 Å². The molecule has 4 nitrogen and oxygen atoms in total. The maximum Gasteiger partial charge on any atom is 0.322 e. The lowest BCUT2D eigenvalue weighted by Gasteiger charge is -2.12. The van der Waals surface area contributed by atoms with Crippen molar-refractivity contribution in [3.05, 3.63) is 0 Å². The molecule has 0 rings (SSSR count). The number of methoxy groups -OCH3 is 1. The third-order valence-electron chi connectivity index (χ3n) is 1.85. The summed E-state index contributed by atoms with van der Waals surface area (Å²) in [5.41, 5.74) is 0. The van der Waals surface area contributed by atoms with Crippen molar-refractivity contribution in [2.24, 2.45) is 0 Å². The molecule has 0 aliphatic heterocycles. The summed E-state index contributed by atoms with van der Waals surface area (Å²) < 4.78 is 9.89. The van der Waals surface area contributed by atoms with Gasteiger partial charge in [-0.3, -0.25) is 4.79 Å². The second-order valence-electron chi connectivity index (χ2n) is 3.19. The summed E-state index contributed by atoms with van der Waals surface area (Å²) in [6.07, 6.45) is 1.97. The highest BCUT2D eigenvalue weighted by molar-refractivity contribution is 5.75. The molecule has 0 bridgehead atoms. The monoisotopic (exact) mass is 203 g/mol. The minimum Gasteiger partial charge on any atom is -0.465 e. The molecule has 0 aromatic carbocycles. The molecule has 1 N–H and O–H groups in total. The summed E-state index contributed by atoms with van der Waals surface area (Å²) in [4.78, 5) is 11.3. The van der Waals surface area contributed by atoms with Crippen molar-refractivity contribution in [3.63, 3.8) is 0 Å². The number of rotatable bonds is 8. The van der Waals surface area contributed by atoms with Crippen LogP contribution in [0.3, 0.4) is 0 Å². The Kier molecular flexibility index (Phi) is 8.57. The van der Waals surface area contributed by atoms with E-state index < -0.39 is 0 Å². The summed E-state index contributed by atoms with van der Waals surface area (Å²) in [5, 5.41) is 3.01. The zero-order valence-electron chi connectivity index (χ0n) is 9.34. The number of ether oxygens (including phenoxy) is 2. The molecule has 0 fully saturated rings. The van der Waals surface area contributed by atoms with Gasteiger partial charge >= 0.3 is 5.97 Å². The van der Waals surface area contributed by atoms with E-state index in [1.54, 1.807) is 14.0 Å². The molecule has 1 atom stereocenters. The highest BCUT2D eigenvalue weighted by Gasteiger charge is 2.12. The van der Waals surface area contributed by atoms with Gasteiger partial charge in [-0.1, -0.05) is 13.3 Å². The predicted molar refractivity (Wildman–Crippen MR) is 55.2 cm³/mol. The Labute approximate surface area is 86.0 Å². The van der Waals surface area contributed by atoms with Crippen molar-refractivity contribution in [1.29, 1.82) is 0 Å².